The Kier molecular flexibility index (Phi) is 7.79. The summed E-state index contributed by atoms with van der Waals surface area (Å²) >= 11 is 0. The third-order valence-corrected chi connectivity index (χ3v) is 8.42. The highest BCUT2D eigenvalue weighted by Crippen LogP contribution is 2.47. The summed E-state index contributed by atoms with van der Waals surface area (Å²) in [5.41, 5.74) is 1.03. The molecule has 0 bridgehead atoms. The number of hydrogen-bond acceptors (Lipinski definition) is 2. The van der Waals surface area contributed by atoms with E-state index in [0.29, 0.717) is 22.5 Å². The first-order valence-electron chi connectivity index (χ1n) is 11.3. The lowest BCUT2D eigenvalue weighted by Crippen LogP contribution is -2.30. The van der Waals surface area contributed by atoms with Crippen LogP contribution in [-0.2, 0) is 9.53 Å². The minimum Gasteiger partial charge on any atom is -0.501 e. The molecule has 150 valence electrons. The fourth-order valence-corrected chi connectivity index (χ4v) is 5.55. The van der Waals surface area contributed by atoms with Crippen molar-refractivity contribution in [1.82, 2.24) is 0 Å². The van der Waals surface area contributed by atoms with Crippen molar-refractivity contribution in [3.8, 4) is 0 Å². The third kappa shape index (κ3) is 4.73. The molecule has 0 N–H and O–H groups in total. The third-order valence-electron chi connectivity index (χ3n) is 8.42. The lowest BCUT2D eigenvalue weighted by atomic mass is 9.66. The molecular weight excluding hydrogens is 320 g/mol. The molecular formula is C24H42O2. The Morgan fingerprint density at radius 2 is 1.19 bits per heavy atom. The first kappa shape index (κ1) is 21.5. The van der Waals surface area contributed by atoms with Crippen molar-refractivity contribution in [3.05, 3.63) is 11.8 Å². The molecule has 0 aromatic carbocycles. The van der Waals surface area contributed by atoms with Crippen molar-refractivity contribution in [2.75, 3.05) is 7.11 Å². The summed E-state index contributed by atoms with van der Waals surface area (Å²) in [6.45, 7) is 9.28. The Labute approximate surface area is 162 Å². The van der Waals surface area contributed by atoms with Crippen molar-refractivity contribution >= 4 is 5.78 Å². The summed E-state index contributed by atoms with van der Waals surface area (Å²) in [6, 6.07) is 0. The Morgan fingerprint density at radius 3 is 1.54 bits per heavy atom. The van der Waals surface area contributed by atoms with Gasteiger partial charge < -0.3 is 4.74 Å². The van der Waals surface area contributed by atoms with Crippen LogP contribution >= 0.6 is 0 Å². The summed E-state index contributed by atoms with van der Waals surface area (Å²) in [5, 5.41) is 0. The molecule has 0 aromatic heterocycles. The Balaban J connectivity index is 1.96. The lowest BCUT2D eigenvalue weighted by molar-refractivity contribution is -0.120. The predicted octanol–water partition coefficient (Wildman–Crippen LogP) is 7.08. The summed E-state index contributed by atoms with van der Waals surface area (Å²) < 4.78 is 5.71. The van der Waals surface area contributed by atoms with Crippen molar-refractivity contribution in [3.63, 3.8) is 0 Å². The molecule has 0 aliphatic heterocycles. The van der Waals surface area contributed by atoms with Crippen LogP contribution in [0.1, 0.15) is 105 Å². The second kappa shape index (κ2) is 9.42. The highest BCUT2D eigenvalue weighted by Gasteiger charge is 2.36. The number of ether oxygens (including phenoxy) is 1. The zero-order chi connectivity index (χ0) is 19.2. The van der Waals surface area contributed by atoms with Gasteiger partial charge in [-0.05, 0) is 62.2 Å². The first-order valence-corrected chi connectivity index (χ1v) is 11.3. The van der Waals surface area contributed by atoms with E-state index in [1.165, 1.54) is 64.2 Å². The predicted molar refractivity (Wildman–Crippen MR) is 110 cm³/mol. The fraction of sp³-hybridized carbons (Fsp3) is 0.875. The van der Waals surface area contributed by atoms with Crippen molar-refractivity contribution in [2.45, 2.75) is 105 Å². The molecule has 0 atom stereocenters. The number of rotatable bonds is 8. The molecule has 2 aliphatic rings. The van der Waals surface area contributed by atoms with E-state index in [2.05, 4.69) is 27.7 Å². The molecule has 0 unspecified atom stereocenters. The lowest BCUT2D eigenvalue weighted by Gasteiger charge is -2.40. The molecule has 2 saturated carbocycles. The van der Waals surface area contributed by atoms with Gasteiger partial charge in [-0.25, -0.2) is 0 Å². The highest BCUT2D eigenvalue weighted by molar-refractivity contribution is 5.92. The van der Waals surface area contributed by atoms with Gasteiger partial charge >= 0.3 is 0 Å². The molecule has 2 nitrogen and oxygen atoms in total. The maximum atomic E-state index is 12.9. The second-order valence-corrected chi connectivity index (χ2v) is 9.12. The van der Waals surface area contributed by atoms with Crippen LogP contribution in [-0.4, -0.2) is 12.9 Å². The van der Waals surface area contributed by atoms with Gasteiger partial charge in [0.05, 0.1) is 7.11 Å². The van der Waals surface area contributed by atoms with E-state index >= 15 is 0 Å². The Morgan fingerprint density at radius 1 is 0.808 bits per heavy atom. The summed E-state index contributed by atoms with van der Waals surface area (Å²) in [4.78, 5) is 12.9. The smallest absolute Gasteiger partial charge is 0.162 e. The molecule has 2 heteroatoms. The highest BCUT2D eigenvalue weighted by atomic mass is 16.5. The van der Waals surface area contributed by atoms with Gasteiger partial charge in [0, 0.05) is 17.9 Å². The van der Waals surface area contributed by atoms with Crippen molar-refractivity contribution < 1.29 is 9.53 Å². The SMILES string of the molecule is CCC1(CC)CCC(C(=O)/C=C(\OC)C2CCC(CC)(CC)CC2)CC1. The van der Waals surface area contributed by atoms with E-state index in [9.17, 15) is 4.79 Å². The number of carbonyl (C=O) groups is 1. The molecule has 0 heterocycles. The molecule has 0 amide bonds. The largest absolute Gasteiger partial charge is 0.501 e. The normalized spacial score (nSPS) is 24.4. The van der Waals surface area contributed by atoms with Crippen LogP contribution in [0.25, 0.3) is 0 Å². The summed E-state index contributed by atoms with van der Waals surface area (Å²) in [5.74, 6) is 1.95. The van der Waals surface area contributed by atoms with E-state index in [0.717, 1.165) is 18.6 Å². The van der Waals surface area contributed by atoms with E-state index in [1.54, 1.807) is 7.11 Å². The van der Waals surface area contributed by atoms with Gasteiger partial charge in [-0.2, -0.15) is 0 Å². The average Bonchev–Trinajstić information content (AvgIpc) is 2.72. The maximum absolute atomic E-state index is 12.9. The van der Waals surface area contributed by atoms with Crippen LogP contribution in [0.15, 0.2) is 11.8 Å². The van der Waals surface area contributed by atoms with Crippen LogP contribution in [0, 0.1) is 22.7 Å². The molecule has 26 heavy (non-hydrogen) atoms. The van der Waals surface area contributed by atoms with Crippen LogP contribution < -0.4 is 0 Å². The monoisotopic (exact) mass is 362 g/mol. The first-order chi connectivity index (χ1) is 12.5. The van der Waals surface area contributed by atoms with Gasteiger partial charge in [-0.3, -0.25) is 4.79 Å². The van der Waals surface area contributed by atoms with Gasteiger partial charge in [-0.15, -0.1) is 0 Å². The van der Waals surface area contributed by atoms with Gasteiger partial charge in [0.25, 0.3) is 0 Å². The minimum absolute atomic E-state index is 0.223. The van der Waals surface area contributed by atoms with Gasteiger partial charge in [0.1, 0.15) is 5.76 Å². The van der Waals surface area contributed by atoms with E-state index in [1.807, 2.05) is 6.08 Å². The standard InChI is InChI=1S/C24H42O2/c1-6-23(7-2)14-10-19(11-15-23)21(25)18-22(26-5)20-12-16-24(8-3,9-4)17-13-20/h18-20H,6-17H2,1-5H3/b22-18-. The second-order valence-electron chi connectivity index (χ2n) is 9.12. The average molecular weight is 363 g/mol. The number of ketones is 1. The van der Waals surface area contributed by atoms with Gasteiger partial charge in [0.15, 0.2) is 5.78 Å². The van der Waals surface area contributed by atoms with E-state index in [4.69, 9.17) is 4.74 Å². The molecule has 2 fully saturated rings. The molecule has 0 saturated heterocycles. The fourth-order valence-electron chi connectivity index (χ4n) is 5.55. The summed E-state index contributed by atoms with van der Waals surface area (Å²) in [6.07, 6.45) is 16.4. The van der Waals surface area contributed by atoms with Crippen molar-refractivity contribution in [2.24, 2.45) is 22.7 Å². The Hall–Kier alpha value is -0.790. The maximum Gasteiger partial charge on any atom is 0.162 e. The zero-order valence-electron chi connectivity index (χ0n) is 18.0. The molecule has 2 aliphatic carbocycles. The molecule has 0 aromatic rings. The van der Waals surface area contributed by atoms with Crippen LogP contribution in [0.2, 0.25) is 0 Å². The van der Waals surface area contributed by atoms with Gasteiger partial charge in [-0.1, -0.05) is 53.4 Å². The molecule has 0 spiro atoms. The summed E-state index contributed by atoms with van der Waals surface area (Å²) in [7, 11) is 1.75. The molecule has 2 rings (SSSR count). The Bertz CT molecular complexity index is 462. The number of allylic oxidation sites excluding steroid dienone is 2. The number of methoxy groups -OCH3 is 1. The zero-order valence-corrected chi connectivity index (χ0v) is 18.0. The van der Waals surface area contributed by atoms with E-state index < -0.39 is 0 Å². The topological polar surface area (TPSA) is 26.3 Å². The van der Waals surface area contributed by atoms with Crippen molar-refractivity contribution in [1.29, 1.82) is 0 Å². The van der Waals surface area contributed by atoms with E-state index in [-0.39, 0.29) is 5.92 Å². The quantitative estimate of drug-likeness (QED) is 0.340. The number of hydrogen-bond donors (Lipinski definition) is 0. The number of carbonyl (C=O) groups excluding carboxylic acids is 1. The minimum atomic E-state index is 0.223. The van der Waals surface area contributed by atoms with Gasteiger partial charge in [0.2, 0.25) is 0 Å². The van der Waals surface area contributed by atoms with Crippen LogP contribution in [0.5, 0.6) is 0 Å². The molecule has 0 radical (unpaired) electrons. The van der Waals surface area contributed by atoms with Crippen LogP contribution in [0.4, 0.5) is 0 Å². The van der Waals surface area contributed by atoms with Crippen LogP contribution in [0.3, 0.4) is 0 Å².